The summed E-state index contributed by atoms with van der Waals surface area (Å²) < 4.78 is 26.2. The Balaban J connectivity index is 1.24. The number of nitrogens with zero attached hydrogens (tertiary/aromatic N) is 7. The summed E-state index contributed by atoms with van der Waals surface area (Å²) in [5, 5.41) is 12.6. The van der Waals surface area contributed by atoms with E-state index in [2.05, 4.69) is 25.6 Å². The third kappa shape index (κ3) is 6.24. The summed E-state index contributed by atoms with van der Waals surface area (Å²) in [6.45, 7) is 4.67. The monoisotopic (exact) mass is 603 g/mol. The first-order chi connectivity index (χ1) is 21.4. The predicted molar refractivity (Wildman–Crippen MR) is 160 cm³/mol. The Morgan fingerprint density at radius 3 is 2.57 bits per heavy atom. The first kappa shape index (κ1) is 29.6. The van der Waals surface area contributed by atoms with Crippen LogP contribution < -0.4 is 15.5 Å². The van der Waals surface area contributed by atoms with Crippen molar-refractivity contribution < 1.29 is 23.5 Å². The van der Waals surface area contributed by atoms with Crippen molar-refractivity contribution in [1.82, 2.24) is 35.1 Å². The maximum atomic E-state index is 14.0. The third-order valence-corrected chi connectivity index (χ3v) is 7.70. The molecule has 1 aromatic carbocycles. The summed E-state index contributed by atoms with van der Waals surface area (Å²) in [6, 6.07) is 11.6. The second-order valence-electron chi connectivity index (χ2n) is 10.6. The average Bonchev–Trinajstić information content (AvgIpc) is 3.56. The number of hydroxylamine groups is 2. The highest BCUT2D eigenvalue weighted by molar-refractivity contribution is 5.91. The van der Waals surface area contributed by atoms with Gasteiger partial charge in [0.05, 0.1) is 24.4 Å². The van der Waals surface area contributed by atoms with Crippen molar-refractivity contribution in [3.8, 4) is 16.9 Å². The minimum atomic E-state index is -0.624. The van der Waals surface area contributed by atoms with Crippen LogP contribution in [0.25, 0.3) is 16.9 Å². The Labute approximate surface area is 253 Å². The molecule has 0 spiro atoms. The zero-order valence-corrected chi connectivity index (χ0v) is 24.7. The number of carbonyl (C=O) groups is 1. The van der Waals surface area contributed by atoms with Gasteiger partial charge in [-0.15, -0.1) is 0 Å². The van der Waals surface area contributed by atoms with Gasteiger partial charge in [0.1, 0.15) is 17.6 Å². The van der Waals surface area contributed by atoms with E-state index in [1.54, 1.807) is 42.4 Å². The molecular weight excluding hydrogens is 569 g/mol. The van der Waals surface area contributed by atoms with Gasteiger partial charge in [-0.2, -0.15) is 14.6 Å². The fourth-order valence-electron chi connectivity index (χ4n) is 5.28. The maximum absolute atomic E-state index is 14.0. The second kappa shape index (κ2) is 13.0. The molecule has 2 N–H and O–H groups in total. The highest BCUT2D eigenvalue weighted by Crippen LogP contribution is 2.32. The summed E-state index contributed by atoms with van der Waals surface area (Å²) in [6.07, 6.45) is 4.42. The van der Waals surface area contributed by atoms with Crippen LogP contribution in [0.3, 0.4) is 0 Å². The van der Waals surface area contributed by atoms with Crippen LogP contribution in [0.4, 0.5) is 21.0 Å². The quantitative estimate of drug-likeness (QED) is 0.261. The molecule has 14 heteroatoms. The lowest BCUT2D eigenvalue weighted by Crippen LogP contribution is -2.52. The molecule has 13 nitrogen and oxygen atoms in total. The van der Waals surface area contributed by atoms with E-state index < -0.39 is 24.1 Å². The number of amides is 2. The Hall–Kier alpha value is -4.50. The molecule has 3 aromatic heterocycles. The lowest BCUT2D eigenvalue weighted by molar-refractivity contribution is -0.154. The number of carbonyl (C=O) groups excluding carboxylic acids is 1. The van der Waals surface area contributed by atoms with Gasteiger partial charge in [0.25, 0.3) is 0 Å². The van der Waals surface area contributed by atoms with Gasteiger partial charge in [0.2, 0.25) is 11.9 Å². The normalized spacial score (nSPS) is 18.8. The standard InChI is InChI=1S/C30H34FN9O4/c1-19-26(21-14-33-29(34-15-21)38-16-23(17-38)43-3)37-40(22-7-5-4-6-8-22)28(19)36-30(41)35-24-18-39(11-12-42-2)44-27(24)20-9-10-32-25(31)13-20/h4-10,13-15,23-24,27H,11-12,16-18H2,1-3H3,(H2,35,36,41)/t24-,27+/m1/s1. The molecule has 2 fully saturated rings. The number of methoxy groups -OCH3 is 2. The van der Waals surface area contributed by atoms with Crippen molar-refractivity contribution >= 4 is 17.8 Å². The lowest BCUT2D eigenvalue weighted by atomic mass is 10.0. The number of urea groups is 1. The molecule has 5 heterocycles. The van der Waals surface area contributed by atoms with Gasteiger partial charge in [-0.05, 0) is 36.8 Å². The van der Waals surface area contributed by atoms with Gasteiger partial charge >= 0.3 is 6.03 Å². The molecule has 2 atom stereocenters. The Morgan fingerprint density at radius 2 is 1.86 bits per heavy atom. The Kier molecular flexibility index (Phi) is 8.74. The molecule has 0 bridgehead atoms. The average molecular weight is 604 g/mol. The van der Waals surface area contributed by atoms with E-state index >= 15 is 0 Å². The van der Waals surface area contributed by atoms with Crippen LogP contribution in [0.1, 0.15) is 17.2 Å². The molecule has 0 unspecified atom stereocenters. The minimum Gasteiger partial charge on any atom is -0.383 e. The van der Waals surface area contributed by atoms with Crippen LogP contribution in [0, 0.1) is 12.9 Å². The fourth-order valence-corrected chi connectivity index (χ4v) is 5.28. The highest BCUT2D eigenvalue weighted by atomic mass is 19.1. The Morgan fingerprint density at radius 1 is 1.09 bits per heavy atom. The molecule has 230 valence electrons. The summed E-state index contributed by atoms with van der Waals surface area (Å²) in [5.74, 6) is 0.489. The van der Waals surface area contributed by atoms with Crippen LogP contribution in [0.15, 0.2) is 61.1 Å². The molecule has 0 saturated carbocycles. The van der Waals surface area contributed by atoms with Crippen molar-refractivity contribution in [3.05, 3.63) is 78.1 Å². The number of aromatic nitrogens is 5. The number of benzene rings is 1. The van der Waals surface area contributed by atoms with Gasteiger partial charge in [-0.1, -0.05) is 18.2 Å². The number of para-hydroxylation sites is 1. The topological polar surface area (TPSA) is 132 Å². The van der Waals surface area contributed by atoms with Crippen LogP contribution in [0.5, 0.6) is 0 Å². The SMILES string of the molecule is COCCN1C[C@@H](NC(=O)Nc2c(C)c(-c3cnc(N4CC(OC)C4)nc3)nn2-c2ccccc2)[C@H](c2ccnc(F)c2)O1. The fraction of sp³-hybridized carbons (Fsp3) is 0.367. The summed E-state index contributed by atoms with van der Waals surface area (Å²) in [5.41, 5.74) is 3.41. The molecule has 2 aliphatic rings. The van der Waals surface area contributed by atoms with Crippen molar-refractivity contribution in [2.45, 2.75) is 25.2 Å². The van der Waals surface area contributed by atoms with E-state index in [4.69, 9.17) is 19.4 Å². The molecule has 2 aliphatic heterocycles. The largest absolute Gasteiger partial charge is 0.383 e. The van der Waals surface area contributed by atoms with E-state index in [0.717, 1.165) is 24.3 Å². The number of halogens is 1. The van der Waals surface area contributed by atoms with Crippen molar-refractivity contribution in [3.63, 3.8) is 0 Å². The number of pyridine rings is 1. The van der Waals surface area contributed by atoms with E-state index in [-0.39, 0.29) is 6.10 Å². The van der Waals surface area contributed by atoms with Gasteiger partial charge in [0.15, 0.2) is 0 Å². The van der Waals surface area contributed by atoms with Gasteiger partial charge in [-0.25, -0.2) is 24.4 Å². The van der Waals surface area contributed by atoms with Crippen LogP contribution in [-0.4, -0.2) is 95.0 Å². The Bertz CT molecular complexity index is 1580. The zero-order valence-electron chi connectivity index (χ0n) is 24.7. The zero-order chi connectivity index (χ0) is 30.6. The number of rotatable bonds is 10. The van der Waals surface area contributed by atoms with Gasteiger partial charge < -0.3 is 19.7 Å². The van der Waals surface area contributed by atoms with Crippen molar-refractivity contribution in [2.75, 3.05) is 57.2 Å². The van der Waals surface area contributed by atoms with E-state index in [0.29, 0.717) is 48.3 Å². The van der Waals surface area contributed by atoms with Crippen LogP contribution >= 0.6 is 0 Å². The predicted octanol–water partition coefficient (Wildman–Crippen LogP) is 3.13. The number of hydrogen-bond acceptors (Lipinski definition) is 10. The molecular formula is C30H34FN9O4. The first-order valence-electron chi connectivity index (χ1n) is 14.3. The molecule has 0 aliphatic carbocycles. The van der Waals surface area contributed by atoms with Crippen molar-refractivity contribution in [2.24, 2.45) is 0 Å². The van der Waals surface area contributed by atoms with Crippen LogP contribution in [-0.2, 0) is 14.3 Å². The van der Waals surface area contributed by atoms with E-state index in [9.17, 15) is 9.18 Å². The lowest BCUT2D eigenvalue weighted by Gasteiger charge is -2.37. The smallest absolute Gasteiger partial charge is 0.320 e. The molecule has 2 saturated heterocycles. The number of ether oxygens (including phenoxy) is 2. The summed E-state index contributed by atoms with van der Waals surface area (Å²) in [4.78, 5) is 34.4. The minimum absolute atomic E-state index is 0.187. The third-order valence-electron chi connectivity index (χ3n) is 7.70. The second-order valence-corrected chi connectivity index (χ2v) is 10.6. The summed E-state index contributed by atoms with van der Waals surface area (Å²) >= 11 is 0. The van der Waals surface area contributed by atoms with E-state index in [1.807, 2.05) is 42.2 Å². The molecule has 4 aromatic rings. The number of anilines is 2. The molecule has 6 rings (SSSR count). The number of nitrogens with one attached hydrogen (secondary N) is 2. The van der Waals surface area contributed by atoms with Gasteiger partial charge in [-0.3, -0.25) is 10.2 Å². The first-order valence-corrected chi connectivity index (χ1v) is 14.3. The van der Waals surface area contributed by atoms with Gasteiger partial charge in [0, 0.05) is 70.1 Å². The number of hydrogen-bond donors (Lipinski definition) is 2. The summed E-state index contributed by atoms with van der Waals surface area (Å²) in [7, 11) is 3.30. The van der Waals surface area contributed by atoms with Crippen molar-refractivity contribution in [1.29, 1.82) is 0 Å². The maximum Gasteiger partial charge on any atom is 0.320 e. The molecule has 0 radical (unpaired) electrons. The van der Waals surface area contributed by atoms with E-state index in [1.165, 1.54) is 12.3 Å². The highest BCUT2D eigenvalue weighted by Gasteiger charge is 2.37. The van der Waals surface area contributed by atoms with Crippen LogP contribution in [0.2, 0.25) is 0 Å². The molecule has 2 amide bonds. The molecule has 44 heavy (non-hydrogen) atoms.